The van der Waals surface area contributed by atoms with Crippen LogP contribution in [0.3, 0.4) is 0 Å². The molecule has 27 heavy (non-hydrogen) atoms. The highest BCUT2D eigenvalue weighted by molar-refractivity contribution is 7.90. The summed E-state index contributed by atoms with van der Waals surface area (Å²) in [6, 6.07) is 22.8. The molecule has 4 nitrogen and oxygen atoms in total. The Labute approximate surface area is 162 Å². The van der Waals surface area contributed by atoms with Crippen LogP contribution >= 0.6 is 11.6 Å². The molecule has 3 aromatic carbocycles. The van der Waals surface area contributed by atoms with Crippen LogP contribution in [0.25, 0.3) is 23.2 Å². The van der Waals surface area contributed by atoms with Gasteiger partial charge in [0.15, 0.2) is 0 Å². The standard InChI is InChI=1S/C21H15ClN2O2S/c22-18-11-5-4-8-16(18)14-15-21-23-19-12-6-7-13-20(19)24(21)27(25,26)17-9-2-1-3-10-17/h1-15H/b15-14+. The summed E-state index contributed by atoms with van der Waals surface area (Å²) < 4.78 is 27.8. The fourth-order valence-electron chi connectivity index (χ4n) is 2.85. The maximum Gasteiger partial charge on any atom is 0.269 e. The predicted octanol–water partition coefficient (Wildman–Crippen LogP) is 5.10. The van der Waals surface area contributed by atoms with E-state index in [4.69, 9.17) is 11.6 Å². The Kier molecular flexibility index (Phi) is 4.56. The van der Waals surface area contributed by atoms with Gasteiger partial charge in [-0.3, -0.25) is 0 Å². The molecule has 1 heterocycles. The van der Waals surface area contributed by atoms with Crippen LogP contribution in [0.2, 0.25) is 5.02 Å². The van der Waals surface area contributed by atoms with Gasteiger partial charge in [0.1, 0.15) is 5.82 Å². The van der Waals surface area contributed by atoms with E-state index >= 15 is 0 Å². The molecule has 0 radical (unpaired) electrons. The zero-order valence-electron chi connectivity index (χ0n) is 14.2. The van der Waals surface area contributed by atoms with Crippen molar-refractivity contribution in [2.24, 2.45) is 0 Å². The van der Waals surface area contributed by atoms with Crippen LogP contribution in [0.15, 0.2) is 83.8 Å². The first kappa shape index (κ1) is 17.5. The molecule has 134 valence electrons. The molecule has 6 heteroatoms. The lowest BCUT2D eigenvalue weighted by molar-refractivity contribution is 0.588. The molecule has 0 N–H and O–H groups in total. The topological polar surface area (TPSA) is 52.0 Å². The van der Waals surface area contributed by atoms with E-state index in [1.54, 1.807) is 66.7 Å². The number of hydrogen-bond acceptors (Lipinski definition) is 3. The molecule has 0 aliphatic heterocycles. The third kappa shape index (κ3) is 3.27. The fourth-order valence-corrected chi connectivity index (χ4v) is 4.52. The maximum atomic E-state index is 13.3. The number of imidazole rings is 1. The van der Waals surface area contributed by atoms with E-state index in [1.807, 2.05) is 24.3 Å². The number of fused-ring (bicyclic) bond motifs is 1. The van der Waals surface area contributed by atoms with E-state index < -0.39 is 10.0 Å². The van der Waals surface area contributed by atoms with Gasteiger partial charge in [-0.25, -0.2) is 17.4 Å². The zero-order chi connectivity index (χ0) is 18.9. The first-order valence-electron chi connectivity index (χ1n) is 8.28. The summed E-state index contributed by atoms with van der Waals surface area (Å²) in [7, 11) is -3.80. The Balaban J connectivity index is 1.92. The summed E-state index contributed by atoms with van der Waals surface area (Å²) >= 11 is 6.20. The van der Waals surface area contributed by atoms with Crippen molar-refractivity contribution < 1.29 is 8.42 Å². The van der Waals surface area contributed by atoms with Crippen LogP contribution in [0.1, 0.15) is 11.4 Å². The van der Waals surface area contributed by atoms with Crippen molar-refractivity contribution in [3.63, 3.8) is 0 Å². The van der Waals surface area contributed by atoms with Gasteiger partial charge < -0.3 is 0 Å². The molecule has 0 saturated carbocycles. The van der Waals surface area contributed by atoms with Gasteiger partial charge in [0.2, 0.25) is 0 Å². The van der Waals surface area contributed by atoms with Crippen molar-refractivity contribution in [1.29, 1.82) is 0 Å². The highest BCUT2D eigenvalue weighted by Crippen LogP contribution is 2.25. The highest BCUT2D eigenvalue weighted by atomic mass is 35.5. The van der Waals surface area contributed by atoms with E-state index in [0.29, 0.717) is 21.9 Å². The van der Waals surface area contributed by atoms with Gasteiger partial charge >= 0.3 is 0 Å². The number of halogens is 1. The van der Waals surface area contributed by atoms with Crippen LogP contribution in [0.5, 0.6) is 0 Å². The van der Waals surface area contributed by atoms with Gasteiger partial charge in [-0.15, -0.1) is 0 Å². The van der Waals surface area contributed by atoms with E-state index in [9.17, 15) is 8.42 Å². The first-order chi connectivity index (χ1) is 13.1. The molecule has 0 aliphatic rings. The number of nitrogens with zero attached hydrogens (tertiary/aromatic N) is 2. The predicted molar refractivity (Wildman–Crippen MR) is 109 cm³/mol. The van der Waals surface area contributed by atoms with Gasteiger partial charge in [-0.05, 0) is 48.0 Å². The molecular weight excluding hydrogens is 380 g/mol. The molecule has 0 unspecified atom stereocenters. The van der Waals surface area contributed by atoms with Crippen LogP contribution in [-0.2, 0) is 10.0 Å². The van der Waals surface area contributed by atoms with Gasteiger partial charge in [-0.1, -0.05) is 60.1 Å². The summed E-state index contributed by atoms with van der Waals surface area (Å²) in [6.45, 7) is 0. The van der Waals surface area contributed by atoms with Gasteiger partial charge in [0.05, 0.1) is 15.9 Å². The Morgan fingerprint density at radius 1 is 0.815 bits per heavy atom. The molecule has 4 rings (SSSR count). The maximum absolute atomic E-state index is 13.3. The van der Waals surface area contributed by atoms with E-state index in [2.05, 4.69) is 4.98 Å². The summed E-state index contributed by atoms with van der Waals surface area (Å²) in [5.74, 6) is 0.319. The summed E-state index contributed by atoms with van der Waals surface area (Å²) in [5.41, 5.74) is 1.92. The quantitative estimate of drug-likeness (QED) is 0.484. The molecule has 1 aromatic heterocycles. The highest BCUT2D eigenvalue weighted by Gasteiger charge is 2.22. The van der Waals surface area contributed by atoms with E-state index in [1.165, 1.54) is 3.97 Å². The Morgan fingerprint density at radius 2 is 1.48 bits per heavy atom. The third-order valence-electron chi connectivity index (χ3n) is 4.14. The minimum atomic E-state index is -3.80. The third-order valence-corrected chi connectivity index (χ3v) is 6.22. The number of rotatable bonds is 4. The largest absolute Gasteiger partial charge is 0.269 e. The molecule has 0 amide bonds. The number of aromatic nitrogens is 2. The summed E-state index contributed by atoms with van der Waals surface area (Å²) in [5, 5.41) is 0.585. The smallest absolute Gasteiger partial charge is 0.228 e. The fraction of sp³-hybridized carbons (Fsp3) is 0. The van der Waals surface area contributed by atoms with Crippen molar-refractivity contribution in [2.75, 3.05) is 0 Å². The average molecular weight is 395 g/mol. The first-order valence-corrected chi connectivity index (χ1v) is 10.1. The lowest BCUT2D eigenvalue weighted by Crippen LogP contribution is -2.14. The Bertz CT molecular complexity index is 1250. The Hall–Kier alpha value is -2.89. The second kappa shape index (κ2) is 7.02. The normalized spacial score (nSPS) is 12.0. The second-order valence-electron chi connectivity index (χ2n) is 5.90. The van der Waals surface area contributed by atoms with E-state index in [0.717, 1.165) is 5.56 Å². The monoisotopic (exact) mass is 394 g/mol. The lowest BCUT2D eigenvalue weighted by atomic mass is 10.2. The summed E-state index contributed by atoms with van der Waals surface area (Å²) in [6.07, 6.45) is 3.43. The summed E-state index contributed by atoms with van der Waals surface area (Å²) in [4.78, 5) is 4.71. The molecule has 0 fully saturated rings. The SMILES string of the molecule is O=S(=O)(c1ccccc1)n1c(/C=C/c2ccccc2Cl)nc2ccccc21. The van der Waals surface area contributed by atoms with Crippen LogP contribution in [-0.4, -0.2) is 17.4 Å². The van der Waals surface area contributed by atoms with Crippen molar-refractivity contribution in [3.05, 3.63) is 95.3 Å². The van der Waals surface area contributed by atoms with Crippen molar-refractivity contribution >= 4 is 44.8 Å². The second-order valence-corrected chi connectivity index (χ2v) is 8.09. The minimum Gasteiger partial charge on any atom is -0.228 e. The van der Waals surface area contributed by atoms with Crippen molar-refractivity contribution in [3.8, 4) is 0 Å². The average Bonchev–Trinajstić information content (AvgIpc) is 3.07. The molecular formula is C21H15ClN2O2S. The molecule has 0 saturated heterocycles. The van der Waals surface area contributed by atoms with Crippen LogP contribution < -0.4 is 0 Å². The lowest BCUT2D eigenvalue weighted by Gasteiger charge is -2.09. The molecule has 0 bridgehead atoms. The molecule has 0 atom stereocenters. The number of para-hydroxylation sites is 2. The van der Waals surface area contributed by atoms with E-state index in [-0.39, 0.29) is 4.90 Å². The van der Waals surface area contributed by atoms with Gasteiger partial charge in [0, 0.05) is 5.02 Å². The van der Waals surface area contributed by atoms with Crippen molar-refractivity contribution in [1.82, 2.24) is 8.96 Å². The van der Waals surface area contributed by atoms with Gasteiger partial charge in [0.25, 0.3) is 10.0 Å². The molecule has 0 spiro atoms. The molecule has 4 aromatic rings. The number of benzene rings is 3. The Morgan fingerprint density at radius 3 is 2.26 bits per heavy atom. The zero-order valence-corrected chi connectivity index (χ0v) is 15.7. The van der Waals surface area contributed by atoms with Crippen molar-refractivity contribution in [2.45, 2.75) is 4.90 Å². The molecule has 0 aliphatic carbocycles. The minimum absolute atomic E-state index is 0.209. The van der Waals surface area contributed by atoms with Crippen LogP contribution in [0, 0.1) is 0 Å². The number of hydrogen-bond donors (Lipinski definition) is 0. The van der Waals surface area contributed by atoms with Gasteiger partial charge in [-0.2, -0.15) is 0 Å². The van der Waals surface area contributed by atoms with Crippen LogP contribution in [0.4, 0.5) is 0 Å².